The van der Waals surface area contributed by atoms with E-state index in [9.17, 15) is 4.79 Å². The summed E-state index contributed by atoms with van der Waals surface area (Å²) in [5.74, 6) is 1.77. The van der Waals surface area contributed by atoms with E-state index in [2.05, 4.69) is 29.6 Å². The van der Waals surface area contributed by atoms with Crippen molar-refractivity contribution in [1.29, 1.82) is 0 Å². The molecule has 4 heteroatoms. The number of benzene rings is 3. The fourth-order valence-electron chi connectivity index (χ4n) is 2.64. The van der Waals surface area contributed by atoms with Crippen molar-refractivity contribution in [2.75, 3.05) is 12.4 Å². The Morgan fingerprint density at radius 1 is 0.889 bits per heavy atom. The van der Waals surface area contributed by atoms with Gasteiger partial charge in [-0.2, -0.15) is 0 Å². The van der Waals surface area contributed by atoms with E-state index in [1.54, 1.807) is 18.9 Å². The molecule has 1 amide bonds. The maximum absolute atomic E-state index is 12.2. The van der Waals surface area contributed by atoms with E-state index in [-0.39, 0.29) is 5.91 Å². The molecule has 0 atom stereocenters. The number of aryl methyl sites for hydroxylation is 1. The Hall–Kier alpha value is -2.72. The summed E-state index contributed by atoms with van der Waals surface area (Å²) in [5.41, 5.74) is 3.20. The summed E-state index contributed by atoms with van der Waals surface area (Å²) < 4.78 is 5.15. The second kappa shape index (κ2) is 9.83. The molecule has 0 unspecified atom stereocenters. The number of carbonyl (C=O) groups is 1. The third-order valence-corrected chi connectivity index (χ3v) is 5.27. The van der Waals surface area contributed by atoms with Crippen molar-refractivity contribution in [1.82, 2.24) is 0 Å². The lowest BCUT2D eigenvalue weighted by Crippen LogP contribution is -2.12. The predicted octanol–water partition coefficient (Wildman–Crippen LogP) is 5.56. The molecule has 0 saturated carbocycles. The zero-order valence-electron chi connectivity index (χ0n) is 15.4. The van der Waals surface area contributed by atoms with Gasteiger partial charge in [0.05, 0.1) is 7.11 Å². The molecule has 0 heterocycles. The maximum Gasteiger partial charge on any atom is 0.224 e. The van der Waals surface area contributed by atoms with Gasteiger partial charge in [-0.1, -0.05) is 42.5 Å². The minimum absolute atomic E-state index is 0.0252. The molecule has 0 radical (unpaired) electrons. The van der Waals surface area contributed by atoms with Crippen molar-refractivity contribution < 1.29 is 9.53 Å². The number of ether oxygens (including phenoxy) is 1. The lowest BCUT2D eigenvalue weighted by atomic mass is 10.1. The van der Waals surface area contributed by atoms with Gasteiger partial charge < -0.3 is 10.1 Å². The van der Waals surface area contributed by atoms with Gasteiger partial charge in [0.25, 0.3) is 0 Å². The zero-order chi connectivity index (χ0) is 18.9. The van der Waals surface area contributed by atoms with Crippen LogP contribution in [0.25, 0.3) is 0 Å². The van der Waals surface area contributed by atoms with Crippen LogP contribution in [-0.2, 0) is 17.0 Å². The molecule has 138 valence electrons. The smallest absolute Gasteiger partial charge is 0.224 e. The van der Waals surface area contributed by atoms with E-state index >= 15 is 0 Å². The van der Waals surface area contributed by atoms with Gasteiger partial charge in [0.2, 0.25) is 5.91 Å². The van der Waals surface area contributed by atoms with Gasteiger partial charge in [-0.25, -0.2) is 0 Å². The number of hydrogen-bond donors (Lipinski definition) is 1. The number of carbonyl (C=O) groups excluding carboxylic acids is 1. The monoisotopic (exact) mass is 377 g/mol. The van der Waals surface area contributed by atoms with E-state index in [4.69, 9.17) is 4.74 Å². The summed E-state index contributed by atoms with van der Waals surface area (Å²) in [6.45, 7) is 0. The Morgan fingerprint density at radius 3 is 2.22 bits per heavy atom. The number of rotatable bonds is 8. The lowest BCUT2D eigenvalue weighted by molar-refractivity contribution is -0.116. The summed E-state index contributed by atoms with van der Waals surface area (Å²) >= 11 is 1.81. The van der Waals surface area contributed by atoms with Gasteiger partial charge in [-0.15, -0.1) is 11.8 Å². The average molecular weight is 378 g/mol. The zero-order valence-corrected chi connectivity index (χ0v) is 16.2. The molecule has 0 saturated heterocycles. The van der Waals surface area contributed by atoms with Crippen LogP contribution >= 0.6 is 11.8 Å². The highest BCUT2D eigenvalue weighted by Crippen LogP contribution is 2.23. The average Bonchev–Trinajstić information content (AvgIpc) is 2.73. The Labute approximate surface area is 164 Å². The van der Waals surface area contributed by atoms with Crippen LogP contribution in [0.1, 0.15) is 17.5 Å². The quantitative estimate of drug-likeness (QED) is 0.522. The first kappa shape index (κ1) is 19.1. The molecule has 27 heavy (non-hydrogen) atoms. The minimum Gasteiger partial charge on any atom is -0.497 e. The van der Waals surface area contributed by atoms with Crippen LogP contribution in [0.5, 0.6) is 5.75 Å². The summed E-state index contributed by atoms with van der Waals surface area (Å²) in [7, 11) is 1.65. The molecule has 0 bridgehead atoms. The first-order valence-corrected chi connectivity index (χ1v) is 9.91. The predicted molar refractivity (Wildman–Crippen MR) is 112 cm³/mol. The SMILES string of the molecule is COc1ccc(CCC(=O)Nc2ccc(CSc3ccccc3)cc2)cc1. The van der Waals surface area contributed by atoms with E-state index in [1.807, 2.05) is 54.6 Å². The van der Waals surface area contributed by atoms with E-state index in [0.29, 0.717) is 12.8 Å². The van der Waals surface area contributed by atoms with Gasteiger partial charge in [0.15, 0.2) is 0 Å². The number of nitrogens with one attached hydrogen (secondary N) is 1. The van der Waals surface area contributed by atoms with Crippen molar-refractivity contribution in [3.8, 4) is 5.75 Å². The van der Waals surface area contributed by atoms with Crippen LogP contribution in [0.15, 0.2) is 83.8 Å². The van der Waals surface area contributed by atoms with Crippen LogP contribution in [0.3, 0.4) is 0 Å². The summed E-state index contributed by atoms with van der Waals surface area (Å²) in [5, 5.41) is 2.97. The van der Waals surface area contributed by atoms with E-state index in [1.165, 1.54) is 10.5 Å². The topological polar surface area (TPSA) is 38.3 Å². The minimum atomic E-state index is 0.0252. The van der Waals surface area contributed by atoms with Gasteiger partial charge in [0, 0.05) is 22.8 Å². The van der Waals surface area contributed by atoms with Crippen LogP contribution in [0.2, 0.25) is 0 Å². The molecule has 3 nitrogen and oxygen atoms in total. The normalized spacial score (nSPS) is 10.4. The third kappa shape index (κ3) is 6.19. The van der Waals surface area contributed by atoms with Crippen molar-refractivity contribution in [2.45, 2.75) is 23.5 Å². The van der Waals surface area contributed by atoms with Crippen LogP contribution < -0.4 is 10.1 Å². The Bertz CT molecular complexity index is 846. The molecule has 3 aromatic rings. The van der Waals surface area contributed by atoms with E-state index < -0.39 is 0 Å². The fourth-order valence-corrected chi connectivity index (χ4v) is 3.52. The van der Waals surface area contributed by atoms with E-state index in [0.717, 1.165) is 22.8 Å². The standard InChI is InChI=1S/C23H23NO2S/c1-26-21-14-9-18(10-15-21)11-16-23(25)24-20-12-7-19(8-13-20)17-27-22-5-3-2-4-6-22/h2-10,12-15H,11,16-17H2,1H3,(H,24,25). The highest BCUT2D eigenvalue weighted by molar-refractivity contribution is 7.98. The first-order chi connectivity index (χ1) is 13.2. The molecule has 0 aliphatic carbocycles. The Morgan fingerprint density at radius 2 is 1.56 bits per heavy atom. The summed E-state index contributed by atoms with van der Waals surface area (Å²) in [6, 6.07) is 26.2. The molecule has 0 aliphatic heterocycles. The van der Waals surface area contributed by atoms with Gasteiger partial charge in [-0.3, -0.25) is 4.79 Å². The van der Waals surface area contributed by atoms with Crippen molar-refractivity contribution in [2.24, 2.45) is 0 Å². The number of thioether (sulfide) groups is 1. The molecule has 3 rings (SSSR count). The second-order valence-corrected chi connectivity index (χ2v) is 7.24. The summed E-state index contributed by atoms with van der Waals surface area (Å²) in [6.07, 6.45) is 1.17. The Balaban J connectivity index is 1.45. The first-order valence-electron chi connectivity index (χ1n) is 8.92. The molecule has 0 aromatic heterocycles. The van der Waals surface area contributed by atoms with Crippen molar-refractivity contribution >= 4 is 23.4 Å². The molecule has 0 fully saturated rings. The second-order valence-electron chi connectivity index (χ2n) is 6.19. The number of hydrogen-bond acceptors (Lipinski definition) is 3. The van der Waals surface area contributed by atoms with Crippen molar-refractivity contribution in [3.63, 3.8) is 0 Å². The van der Waals surface area contributed by atoms with Gasteiger partial charge in [0.1, 0.15) is 5.75 Å². The highest BCUT2D eigenvalue weighted by atomic mass is 32.2. The number of amides is 1. The van der Waals surface area contributed by atoms with Crippen LogP contribution in [-0.4, -0.2) is 13.0 Å². The fraction of sp³-hybridized carbons (Fsp3) is 0.174. The maximum atomic E-state index is 12.2. The molecular weight excluding hydrogens is 354 g/mol. The molecule has 0 spiro atoms. The lowest BCUT2D eigenvalue weighted by Gasteiger charge is -2.07. The molecule has 0 aliphatic rings. The summed E-state index contributed by atoms with van der Waals surface area (Å²) in [4.78, 5) is 13.4. The Kier molecular flexibility index (Phi) is 6.94. The number of methoxy groups -OCH3 is 1. The van der Waals surface area contributed by atoms with Gasteiger partial charge >= 0.3 is 0 Å². The third-order valence-electron chi connectivity index (χ3n) is 4.19. The largest absolute Gasteiger partial charge is 0.497 e. The van der Waals surface area contributed by atoms with Crippen LogP contribution in [0.4, 0.5) is 5.69 Å². The molecule has 1 N–H and O–H groups in total. The highest BCUT2D eigenvalue weighted by Gasteiger charge is 2.04. The molecule has 3 aromatic carbocycles. The molecular formula is C23H23NO2S. The van der Waals surface area contributed by atoms with Crippen LogP contribution in [0, 0.1) is 0 Å². The van der Waals surface area contributed by atoms with Gasteiger partial charge in [-0.05, 0) is 53.9 Å². The number of anilines is 1. The van der Waals surface area contributed by atoms with Crippen molar-refractivity contribution in [3.05, 3.63) is 90.0 Å².